The maximum absolute atomic E-state index is 12.3. The van der Waals surface area contributed by atoms with Gasteiger partial charge in [-0.25, -0.2) is 8.42 Å². The van der Waals surface area contributed by atoms with E-state index in [0.29, 0.717) is 11.1 Å². The Bertz CT molecular complexity index is 797. The zero-order chi connectivity index (χ0) is 16.3. The molecule has 0 bridgehead atoms. The van der Waals surface area contributed by atoms with Crippen molar-refractivity contribution in [2.24, 2.45) is 0 Å². The molecule has 0 atom stereocenters. The van der Waals surface area contributed by atoms with Crippen molar-refractivity contribution in [1.82, 2.24) is 10.3 Å². The average molecular weight is 318 g/mol. The third-order valence-corrected chi connectivity index (χ3v) is 4.64. The lowest BCUT2D eigenvalue weighted by atomic mass is 10.1. The predicted molar refractivity (Wildman–Crippen MR) is 84.9 cm³/mol. The molecule has 0 radical (unpaired) electrons. The van der Waals surface area contributed by atoms with E-state index < -0.39 is 15.9 Å². The summed E-state index contributed by atoms with van der Waals surface area (Å²) in [7, 11) is -3.81. The van der Waals surface area contributed by atoms with Crippen LogP contribution in [0.5, 0.6) is 0 Å². The van der Waals surface area contributed by atoms with E-state index in [1.54, 1.807) is 43.3 Å². The number of rotatable bonds is 4. The summed E-state index contributed by atoms with van der Waals surface area (Å²) in [6, 6.07) is 12.0. The van der Waals surface area contributed by atoms with Crippen LogP contribution in [0.15, 0.2) is 47.4 Å². The lowest BCUT2D eigenvalue weighted by molar-refractivity contribution is 0.0945. The lowest BCUT2D eigenvalue weighted by Crippen LogP contribution is -2.41. The molecule has 0 spiro atoms. The second kappa shape index (κ2) is 6.29. The van der Waals surface area contributed by atoms with Gasteiger partial charge in [0, 0.05) is 5.56 Å². The Morgan fingerprint density at radius 1 is 0.909 bits per heavy atom. The third kappa shape index (κ3) is 3.72. The van der Waals surface area contributed by atoms with E-state index in [1.165, 1.54) is 0 Å². The highest BCUT2D eigenvalue weighted by Gasteiger charge is 2.18. The van der Waals surface area contributed by atoms with Crippen LogP contribution in [0, 0.1) is 20.8 Å². The second-order valence-corrected chi connectivity index (χ2v) is 6.85. The van der Waals surface area contributed by atoms with Gasteiger partial charge in [0.05, 0.1) is 4.90 Å². The number of hydrogen-bond donors (Lipinski definition) is 2. The molecule has 0 fully saturated rings. The molecule has 2 rings (SSSR count). The highest BCUT2D eigenvalue weighted by molar-refractivity contribution is 7.89. The molecule has 1 amide bonds. The van der Waals surface area contributed by atoms with Crippen molar-refractivity contribution in [2.45, 2.75) is 25.7 Å². The molecule has 2 N–H and O–H groups in total. The predicted octanol–water partition coefficient (Wildman–Crippen LogP) is 2.24. The summed E-state index contributed by atoms with van der Waals surface area (Å²) in [6.45, 7) is 5.42. The van der Waals surface area contributed by atoms with E-state index in [1.807, 2.05) is 19.9 Å². The van der Waals surface area contributed by atoms with Crippen molar-refractivity contribution < 1.29 is 13.2 Å². The Morgan fingerprint density at radius 2 is 1.50 bits per heavy atom. The van der Waals surface area contributed by atoms with Crippen molar-refractivity contribution in [2.75, 3.05) is 0 Å². The summed E-state index contributed by atoms with van der Waals surface area (Å²) in [5, 5.41) is 0. The van der Waals surface area contributed by atoms with Crippen LogP contribution >= 0.6 is 0 Å². The Labute approximate surface area is 130 Å². The smallest absolute Gasteiger partial charge is 0.266 e. The Balaban J connectivity index is 2.14. The van der Waals surface area contributed by atoms with Crippen LogP contribution in [-0.4, -0.2) is 14.3 Å². The molecule has 0 unspecified atom stereocenters. The molecule has 2 aromatic carbocycles. The van der Waals surface area contributed by atoms with Gasteiger partial charge in [0.2, 0.25) is 0 Å². The standard InChI is InChI=1S/C16H18N2O3S/c1-11-5-8-14(9-6-11)16(19)17-18-22(20,21)15-10-12(2)4-7-13(15)3/h4-10,18H,1-3H3,(H,17,19). The number of carbonyl (C=O) groups excluding carboxylic acids is 1. The van der Waals surface area contributed by atoms with Crippen molar-refractivity contribution >= 4 is 15.9 Å². The van der Waals surface area contributed by atoms with Gasteiger partial charge in [0.25, 0.3) is 15.9 Å². The normalized spacial score (nSPS) is 11.2. The number of carbonyl (C=O) groups is 1. The number of hydrazine groups is 1. The average Bonchev–Trinajstić information content (AvgIpc) is 2.48. The van der Waals surface area contributed by atoms with E-state index in [-0.39, 0.29) is 4.90 Å². The van der Waals surface area contributed by atoms with E-state index >= 15 is 0 Å². The molecular formula is C16H18N2O3S. The highest BCUT2D eigenvalue weighted by Crippen LogP contribution is 2.16. The highest BCUT2D eigenvalue weighted by atomic mass is 32.2. The van der Waals surface area contributed by atoms with Crippen LogP contribution in [0.3, 0.4) is 0 Å². The van der Waals surface area contributed by atoms with Crippen molar-refractivity contribution in [3.05, 3.63) is 64.7 Å². The van der Waals surface area contributed by atoms with Crippen LogP contribution in [-0.2, 0) is 10.0 Å². The van der Waals surface area contributed by atoms with Gasteiger partial charge in [-0.15, -0.1) is 4.83 Å². The monoisotopic (exact) mass is 318 g/mol. The molecule has 116 valence electrons. The zero-order valence-electron chi connectivity index (χ0n) is 12.7. The quantitative estimate of drug-likeness (QED) is 0.849. The Hall–Kier alpha value is -2.18. The minimum absolute atomic E-state index is 0.150. The molecule has 0 aliphatic heterocycles. The van der Waals surface area contributed by atoms with Crippen molar-refractivity contribution in [3.63, 3.8) is 0 Å². The minimum Gasteiger partial charge on any atom is -0.273 e. The molecule has 5 nitrogen and oxygen atoms in total. The molecule has 0 saturated carbocycles. The molecule has 0 aromatic heterocycles. The zero-order valence-corrected chi connectivity index (χ0v) is 13.5. The van der Waals surface area contributed by atoms with Gasteiger partial charge in [-0.2, -0.15) is 0 Å². The first kappa shape index (κ1) is 16.2. The fourth-order valence-electron chi connectivity index (χ4n) is 1.94. The number of amides is 1. The van der Waals surface area contributed by atoms with Crippen LogP contribution in [0.1, 0.15) is 27.0 Å². The fourth-order valence-corrected chi connectivity index (χ4v) is 3.11. The molecule has 0 heterocycles. The summed E-state index contributed by atoms with van der Waals surface area (Å²) in [4.78, 5) is 14.2. The van der Waals surface area contributed by atoms with Gasteiger partial charge < -0.3 is 0 Å². The first-order valence-electron chi connectivity index (χ1n) is 6.76. The Kier molecular flexibility index (Phi) is 4.63. The summed E-state index contributed by atoms with van der Waals surface area (Å²) in [5.41, 5.74) is 5.07. The van der Waals surface area contributed by atoms with Crippen LogP contribution in [0.25, 0.3) is 0 Å². The topological polar surface area (TPSA) is 75.3 Å². The second-order valence-electron chi connectivity index (χ2n) is 5.19. The van der Waals surface area contributed by atoms with Gasteiger partial charge in [0.15, 0.2) is 0 Å². The number of nitrogens with one attached hydrogen (secondary N) is 2. The molecule has 2 aromatic rings. The van der Waals surface area contributed by atoms with E-state index in [0.717, 1.165) is 11.1 Å². The lowest BCUT2D eigenvalue weighted by Gasteiger charge is -2.11. The first-order valence-corrected chi connectivity index (χ1v) is 8.24. The first-order chi connectivity index (χ1) is 10.3. The molecular weight excluding hydrogens is 300 g/mol. The summed E-state index contributed by atoms with van der Waals surface area (Å²) in [6.07, 6.45) is 0. The van der Waals surface area contributed by atoms with E-state index in [4.69, 9.17) is 0 Å². The molecule has 0 saturated heterocycles. The summed E-state index contributed by atoms with van der Waals surface area (Å²) < 4.78 is 24.5. The molecule has 0 aliphatic rings. The number of benzene rings is 2. The third-order valence-electron chi connectivity index (χ3n) is 3.25. The maximum Gasteiger partial charge on any atom is 0.266 e. The van der Waals surface area contributed by atoms with Crippen molar-refractivity contribution in [3.8, 4) is 0 Å². The Morgan fingerprint density at radius 3 is 2.14 bits per heavy atom. The maximum atomic E-state index is 12.3. The van der Waals surface area contributed by atoms with Crippen LogP contribution in [0.2, 0.25) is 0 Å². The van der Waals surface area contributed by atoms with Crippen molar-refractivity contribution in [1.29, 1.82) is 0 Å². The van der Waals surface area contributed by atoms with Crippen LogP contribution < -0.4 is 10.3 Å². The van der Waals surface area contributed by atoms with Gasteiger partial charge >= 0.3 is 0 Å². The molecule has 0 aliphatic carbocycles. The number of sulfonamides is 1. The van der Waals surface area contributed by atoms with Gasteiger partial charge in [0.1, 0.15) is 0 Å². The van der Waals surface area contributed by atoms with E-state index in [9.17, 15) is 13.2 Å². The molecule has 6 heteroatoms. The minimum atomic E-state index is -3.81. The molecule has 22 heavy (non-hydrogen) atoms. The van der Waals surface area contributed by atoms with E-state index in [2.05, 4.69) is 10.3 Å². The van der Waals surface area contributed by atoms with Gasteiger partial charge in [-0.3, -0.25) is 10.2 Å². The fraction of sp³-hybridized carbons (Fsp3) is 0.188. The van der Waals surface area contributed by atoms with Gasteiger partial charge in [-0.05, 0) is 50.1 Å². The van der Waals surface area contributed by atoms with Crippen LogP contribution in [0.4, 0.5) is 0 Å². The SMILES string of the molecule is Cc1ccc(C(=O)NNS(=O)(=O)c2cc(C)ccc2C)cc1. The summed E-state index contributed by atoms with van der Waals surface area (Å²) >= 11 is 0. The number of hydrogen-bond acceptors (Lipinski definition) is 3. The number of aryl methyl sites for hydroxylation is 3. The summed E-state index contributed by atoms with van der Waals surface area (Å²) in [5.74, 6) is -0.506. The van der Waals surface area contributed by atoms with Gasteiger partial charge in [-0.1, -0.05) is 29.8 Å². The largest absolute Gasteiger partial charge is 0.273 e.